The first-order chi connectivity index (χ1) is 12.5. The van der Waals surface area contributed by atoms with Crippen molar-refractivity contribution in [2.45, 2.75) is 0 Å². The van der Waals surface area contributed by atoms with Crippen molar-refractivity contribution in [2.75, 3.05) is 12.4 Å². The second kappa shape index (κ2) is 7.14. The Morgan fingerprint density at radius 3 is 2.62 bits per heavy atom. The van der Waals surface area contributed by atoms with Crippen molar-refractivity contribution in [2.24, 2.45) is 5.73 Å². The topological polar surface area (TPSA) is 90.1 Å². The van der Waals surface area contributed by atoms with Crippen LogP contribution in [0.1, 0.15) is 10.4 Å². The van der Waals surface area contributed by atoms with E-state index in [4.69, 9.17) is 10.5 Å². The van der Waals surface area contributed by atoms with Crippen LogP contribution in [0.5, 0.6) is 5.75 Å². The number of carbonyl (C=O) groups is 1. The van der Waals surface area contributed by atoms with Crippen LogP contribution >= 0.6 is 0 Å². The average Bonchev–Trinajstić information content (AvgIpc) is 2.64. The Labute approximate surface area is 147 Å². The van der Waals surface area contributed by atoms with Gasteiger partial charge >= 0.3 is 0 Å². The average molecular weight is 356 g/mol. The maximum absolute atomic E-state index is 13.3. The number of nitrogens with two attached hydrogens (primary N) is 1. The fourth-order valence-corrected chi connectivity index (χ4v) is 2.34. The highest BCUT2D eigenvalue weighted by Gasteiger charge is 2.12. The number of ether oxygens (including phenoxy) is 1. The quantitative estimate of drug-likeness (QED) is 0.732. The molecule has 0 radical (unpaired) electrons. The largest absolute Gasteiger partial charge is 0.496 e. The Morgan fingerprint density at radius 1 is 1.12 bits per heavy atom. The highest BCUT2D eigenvalue weighted by atomic mass is 19.2. The number of hydrogen-bond acceptors (Lipinski definition) is 5. The van der Waals surface area contributed by atoms with E-state index >= 15 is 0 Å². The summed E-state index contributed by atoms with van der Waals surface area (Å²) in [6.07, 6.45) is 1.50. The molecule has 3 aromatic rings. The third-order valence-electron chi connectivity index (χ3n) is 3.59. The van der Waals surface area contributed by atoms with Gasteiger partial charge in [0, 0.05) is 23.5 Å². The van der Waals surface area contributed by atoms with Gasteiger partial charge < -0.3 is 15.8 Å². The van der Waals surface area contributed by atoms with Gasteiger partial charge in [-0.3, -0.25) is 4.79 Å². The summed E-state index contributed by atoms with van der Waals surface area (Å²) in [6, 6.07) is 9.91. The predicted molar refractivity (Wildman–Crippen MR) is 92.2 cm³/mol. The van der Waals surface area contributed by atoms with Crippen LogP contribution in [-0.2, 0) is 0 Å². The number of anilines is 2. The Kier molecular flexibility index (Phi) is 4.74. The molecule has 6 nitrogen and oxygen atoms in total. The lowest BCUT2D eigenvalue weighted by Gasteiger charge is -2.09. The van der Waals surface area contributed by atoms with Gasteiger partial charge in [-0.25, -0.2) is 18.7 Å². The summed E-state index contributed by atoms with van der Waals surface area (Å²) in [6.45, 7) is 0. The molecule has 0 aliphatic heterocycles. The zero-order valence-electron chi connectivity index (χ0n) is 13.7. The molecule has 0 saturated carbocycles. The summed E-state index contributed by atoms with van der Waals surface area (Å²) in [5.74, 6) is -2.01. The molecule has 0 saturated heterocycles. The van der Waals surface area contributed by atoms with Crippen molar-refractivity contribution in [1.29, 1.82) is 0 Å². The number of hydrogen-bond donors (Lipinski definition) is 2. The van der Waals surface area contributed by atoms with Crippen molar-refractivity contribution in [3.05, 3.63) is 65.9 Å². The molecule has 3 rings (SSSR count). The minimum Gasteiger partial charge on any atom is -0.496 e. The number of amides is 1. The van der Waals surface area contributed by atoms with E-state index in [1.807, 2.05) is 0 Å². The third kappa shape index (κ3) is 3.59. The first-order valence-electron chi connectivity index (χ1n) is 7.51. The molecule has 3 N–H and O–H groups in total. The summed E-state index contributed by atoms with van der Waals surface area (Å²) >= 11 is 0. The summed E-state index contributed by atoms with van der Waals surface area (Å²) in [5, 5.41) is 2.80. The van der Waals surface area contributed by atoms with Gasteiger partial charge in [-0.1, -0.05) is 0 Å². The van der Waals surface area contributed by atoms with E-state index in [0.717, 1.165) is 12.1 Å². The van der Waals surface area contributed by atoms with Crippen LogP contribution < -0.4 is 15.8 Å². The molecule has 1 heterocycles. The summed E-state index contributed by atoms with van der Waals surface area (Å²) < 4.78 is 31.4. The SMILES string of the molecule is COc1ccc(-c2ccnc(Nc3ccc(F)c(F)c3)n2)cc1C(N)=O. The molecule has 132 valence electrons. The Morgan fingerprint density at radius 2 is 1.92 bits per heavy atom. The van der Waals surface area contributed by atoms with Crippen molar-refractivity contribution in [3.63, 3.8) is 0 Å². The number of nitrogens with one attached hydrogen (secondary N) is 1. The maximum atomic E-state index is 13.3. The molecule has 0 fully saturated rings. The number of aromatic nitrogens is 2. The number of nitrogens with zero attached hydrogens (tertiary/aromatic N) is 2. The molecule has 0 spiro atoms. The highest BCUT2D eigenvalue weighted by molar-refractivity contribution is 5.97. The van der Waals surface area contributed by atoms with Crippen LogP contribution in [0, 0.1) is 11.6 Å². The molecule has 0 atom stereocenters. The van der Waals surface area contributed by atoms with Gasteiger partial charge in [0.1, 0.15) is 5.75 Å². The second-order valence-electron chi connectivity index (χ2n) is 5.30. The lowest BCUT2D eigenvalue weighted by molar-refractivity contribution is 0.0997. The van der Waals surface area contributed by atoms with Gasteiger partial charge in [0.2, 0.25) is 5.95 Å². The fourth-order valence-electron chi connectivity index (χ4n) is 2.34. The minimum atomic E-state index is -0.979. The van der Waals surface area contributed by atoms with E-state index in [-0.39, 0.29) is 11.5 Å². The van der Waals surface area contributed by atoms with E-state index in [1.54, 1.807) is 24.3 Å². The third-order valence-corrected chi connectivity index (χ3v) is 3.59. The van der Waals surface area contributed by atoms with E-state index < -0.39 is 17.5 Å². The molecular formula is C18H14F2N4O2. The molecule has 8 heteroatoms. The lowest BCUT2D eigenvalue weighted by Crippen LogP contribution is -2.12. The van der Waals surface area contributed by atoms with Crippen LogP contribution in [-0.4, -0.2) is 23.0 Å². The van der Waals surface area contributed by atoms with E-state index in [9.17, 15) is 13.6 Å². The molecule has 0 aliphatic rings. The number of primary amides is 1. The van der Waals surface area contributed by atoms with Gasteiger partial charge in [-0.05, 0) is 36.4 Å². The predicted octanol–water partition coefficient (Wildman–Crippen LogP) is 3.27. The first-order valence-corrected chi connectivity index (χ1v) is 7.51. The van der Waals surface area contributed by atoms with Crippen molar-refractivity contribution < 1.29 is 18.3 Å². The van der Waals surface area contributed by atoms with Crippen molar-refractivity contribution in [1.82, 2.24) is 9.97 Å². The molecule has 0 bridgehead atoms. The number of halogens is 2. The van der Waals surface area contributed by atoms with E-state index in [2.05, 4.69) is 15.3 Å². The van der Waals surface area contributed by atoms with E-state index in [0.29, 0.717) is 22.7 Å². The van der Waals surface area contributed by atoms with E-state index in [1.165, 1.54) is 19.4 Å². The smallest absolute Gasteiger partial charge is 0.252 e. The van der Waals surface area contributed by atoms with Gasteiger partial charge in [-0.2, -0.15) is 0 Å². The second-order valence-corrected chi connectivity index (χ2v) is 5.30. The molecule has 1 aromatic heterocycles. The number of benzene rings is 2. The molecular weight excluding hydrogens is 342 g/mol. The number of methoxy groups -OCH3 is 1. The van der Waals surface area contributed by atoms with Crippen LogP contribution in [0.15, 0.2) is 48.7 Å². The molecule has 26 heavy (non-hydrogen) atoms. The zero-order chi connectivity index (χ0) is 18.7. The Bertz CT molecular complexity index is 979. The van der Waals surface area contributed by atoms with Gasteiger partial charge in [0.25, 0.3) is 5.91 Å². The molecule has 0 aliphatic carbocycles. The number of carbonyl (C=O) groups excluding carboxylic acids is 1. The standard InChI is InChI=1S/C18H14F2N4O2/c1-26-16-5-2-10(8-12(16)17(21)25)15-6-7-22-18(24-15)23-11-3-4-13(19)14(20)9-11/h2-9H,1H3,(H2,21,25)(H,22,23,24). The number of rotatable bonds is 5. The van der Waals surface area contributed by atoms with Gasteiger partial charge in [0.05, 0.1) is 18.4 Å². The lowest BCUT2D eigenvalue weighted by atomic mass is 10.1. The van der Waals surface area contributed by atoms with Gasteiger partial charge in [0.15, 0.2) is 11.6 Å². The molecule has 1 amide bonds. The summed E-state index contributed by atoms with van der Waals surface area (Å²) in [4.78, 5) is 19.9. The first kappa shape index (κ1) is 17.3. The highest BCUT2D eigenvalue weighted by Crippen LogP contribution is 2.26. The van der Waals surface area contributed by atoms with Crippen LogP contribution in [0.2, 0.25) is 0 Å². The zero-order valence-corrected chi connectivity index (χ0v) is 13.7. The van der Waals surface area contributed by atoms with Crippen molar-refractivity contribution >= 4 is 17.5 Å². The maximum Gasteiger partial charge on any atom is 0.252 e. The Hall–Kier alpha value is -3.55. The minimum absolute atomic E-state index is 0.185. The van der Waals surface area contributed by atoms with Crippen LogP contribution in [0.4, 0.5) is 20.4 Å². The summed E-state index contributed by atoms with van der Waals surface area (Å²) in [5.41, 5.74) is 7.02. The van der Waals surface area contributed by atoms with Crippen LogP contribution in [0.3, 0.4) is 0 Å². The normalized spacial score (nSPS) is 10.4. The monoisotopic (exact) mass is 356 g/mol. The van der Waals surface area contributed by atoms with Gasteiger partial charge in [-0.15, -0.1) is 0 Å². The van der Waals surface area contributed by atoms with Crippen LogP contribution in [0.25, 0.3) is 11.3 Å². The Balaban J connectivity index is 1.93. The van der Waals surface area contributed by atoms with Crippen molar-refractivity contribution in [3.8, 4) is 17.0 Å². The summed E-state index contributed by atoms with van der Waals surface area (Å²) in [7, 11) is 1.44. The fraction of sp³-hybridized carbons (Fsp3) is 0.0556. The molecule has 2 aromatic carbocycles. The molecule has 0 unspecified atom stereocenters.